The van der Waals surface area contributed by atoms with Crippen molar-refractivity contribution in [3.05, 3.63) is 11.8 Å². The van der Waals surface area contributed by atoms with E-state index in [2.05, 4.69) is 5.32 Å². The van der Waals surface area contributed by atoms with E-state index < -0.39 is 0 Å². The van der Waals surface area contributed by atoms with E-state index in [9.17, 15) is 4.79 Å². The van der Waals surface area contributed by atoms with Crippen LogP contribution in [0.2, 0.25) is 0 Å². The van der Waals surface area contributed by atoms with E-state index in [0.29, 0.717) is 6.41 Å². The summed E-state index contributed by atoms with van der Waals surface area (Å²) in [5.41, 5.74) is 0.278. The molecule has 0 rings (SSSR count). The molecule has 0 spiro atoms. The maximum absolute atomic E-state index is 9.63. The van der Waals surface area contributed by atoms with Crippen LogP contribution in [0.4, 0.5) is 0 Å². The lowest BCUT2D eigenvalue weighted by Crippen LogP contribution is -2.07. The molecule has 0 atom stereocenters. The van der Waals surface area contributed by atoms with Gasteiger partial charge in [-0.15, -0.1) is 0 Å². The molecule has 1 amide bonds. The van der Waals surface area contributed by atoms with E-state index in [1.54, 1.807) is 13.0 Å². The highest BCUT2D eigenvalue weighted by Gasteiger charge is 1.83. The minimum absolute atomic E-state index is 0.278. The third-order valence-corrected chi connectivity index (χ3v) is 0.624. The van der Waals surface area contributed by atoms with E-state index in [4.69, 9.17) is 5.26 Å². The maximum Gasteiger partial charge on any atom is 0.212 e. The number of carbonyl (C=O) groups excluding carboxylic acids is 1. The van der Waals surface area contributed by atoms with E-state index in [0.717, 1.165) is 0 Å². The SMILES string of the molecule is C/C=C(/C#N)NC=O. The topological polar surface area (TPSA) is 52.9 Å². The van der Waals surface area contributed by atoms with E-state index in [1.165, 1.54) is 6.08 Å². The van der Waals surface area contributed by atoms with Gasteiger partial charge in [-0.3, -0.25) is 4.79 Å². The van der Waals surface area contributed by atoms with Crippen LogP contribution >= 0.6 is 0 Å². The summed E-state index contributed by atoms with van der Waals surface area (Å²) in [5.74, 6) is 0. The molecule has 0 aromatic heterocycles. The molecule has 0 saturated carbocycles. The molecule has 0 aliphatic rings. The average Bonchev–Trinajstić information content (AvgIpc) is 1.83. The Morgan fingerprint density at radius 2 is 2.50 bits per heavy atom. The summed E-state index contributed by atoms with van der Waals surface area (Å²) < 4.78 is 0. The van der Waals surface area contributed by atoms with Crippen molar-refractivity contribution in [2.24, 2.45) is 0 Å². The molecule has 0 saturated heterocycles. The van der Waals surface area contributed by atoms with Crippen molar-refractivity contribution in [1.29, 1.82) is 5.26 Å². The predicted molar refractivity (Wildman–Crippen MR) is 28.6 cm³/mol. The number of hydrogen-bond donors (Lipinski definition) is 1. The third-order valence-electron chi connectivity index (χ3n) is 0.624. The number of allylic oxidation sites excluding steroid dienone is 2. The van der Waals surface area contributed by atoms with Gasteiger partial charge in [0.25, 0.3) is 0 Å². The van der Waals surface area contributed by atoms with Crippen molar-refractivity contribution in [1.82, 2.24) is 5.32 Å². The molecule has 8 heavy (non-hydrogen) atoms. The van der Waals surface area contributed by atoms with Crippen molar-refractivity contribution in [3.63, 3.8) is 0 Å². The monoisotopic (exact) mass is 110 g/mol. The number of amides is 1. The number of nitrogens with one attached hydrogen (secondary N) is 1. The first kappa shape index (κ1) is 6.70. The molecule has 0 unspecified atom stereocenters. The first-order chi connectivity index (χ1) is 3.85. The first-order valence-electron chi connectivity index (χ1n) is 2.11. The predicted octanol–water partition coefficient (Wildman–Crippen LogP) is 0.160. The normalized spacial score (nSPS) is 9.75. The second kappa shape index (κ2) is 3.88. The molecule has 0 heterocycles. The Balaban J connectivity index is 3.77. The maximum atomic E-state index is 9.63. The molecule has 42 valence electrons. The molecular formula is C5H6N2O. The Kier molecular flexibility index (Phi) is 3.25. The fourth-order valence-corrected chi connectivity index (χ4v) is 0.244. The Morgan fingerprint density at radius 1 is 1.88 bits per heavy atom. The fourth-order valence-electron chi connectivity index (χ4n) is 0.244. The lowest BCUT2D eigenvalue weighted by Gasteiger charge is -1.86. The number of nitriles is 1. The van der Waals surface area contributed by atoms with Gasteiger partial charge in [-0.2, -0.15) is 5.26 Å². The highest BCUT2D eigenvalue weighted by atomic mass is 16.1. The quantitative estimate of drug-likeness (QED) is 0.406. The lowest BCUT2D eigenvalue weighted by atomic mass is 10.4. The van der Waals surface area contributed by atoms with Gasteiger partial charge in [0.1, 0.15) is 11.8 Å². The van der Waals surface area contributed by atoms with E-state index in [-0.39, 0.29) is 5.70 Å². The van der Waals surface area contributed by atoms with Gasteiger partial charge in [0.15, 0.2) is 0 Å². The summed E-state index contributed by atoms with van der Waals surface area (Å²) in [6.07, 6.45) is 1.99. The van der Waals surface area contributed by atoms with E-state index in [1.807, 2.05) is 0 Å². The highest BCUT2D eigenvalue weighted by molar-refractivity contribution is 5.52. The lowest BCUT2D eigenvalue weighted by molar-refractivity contribution is -0.108. The van der Waals surface area contributed by atoms with Crippen molar-refractivity contribution >= 4 is 6.41 Å². The summed E-state index contributed by atoms with van der Waals surface area (Å²) in [7, 11) is 0. The van der Waals surface area contributed by atoms with Crippen LogP contribution in [-0.2, 0) is 4.79 Å². The molecular weight excluding hydrogens is 104 g/mol. The Bertz CT molecular complexity index is 143. The summed E-state index contributed by atoms with van der Waals surface area (Å²) in [6, 6.07) is 1.77. The van der Waals surface area contributed by atoms with Gasteiger partial charge < -0.3 is 5.32 Å². The largest absolute Gasteiger partial charge is 0.320 e. The minimum atomic E-state index is 0.278. The summed E-state index contributed by atoms with van der Waals surface area (Å²) in [6.45, 7) is 1.68. The standard InChI is InChI=1S/C5H6N2O/c1-2-5(3-6)7-4-8/h2,4H,1H3,(H,7,8)/b5-2-. The molecule has 0 bridgehead atoms. The summed E-state index contributed by atoms with van der Waals surface area (Å²) >= 11 is 0. The highest BCUT2D eigenvalue weighted by Crippen LogP contribution is 1.79. The van der Waals surface area contributed by atoms with Crippen LogP contribution in [0.3, 0.4) is 0 Å². The summed E-state index contributed by atoms with van der Waals surface area (Å²) in [5, 5.41) is 10.3. The van der Waals surface area contributed by atoms with Crippen molar-refractivity contribution in [2.75, 3.05) is 0 Å². The van der Waals surface area contributed by atoms with Crippen LogP contribution in [0, 0.1) is 11.3 Å². The van der Waals surface area contributed by atoms with Gasteiger partial charge in [-0.05, 0) is 6.92 Å². The second-order valence-corrected chi connectivity index (χ2v) is 1.08. The van der Waals surface area contributed by atoms with Crippen molar-refractivity contribution < 1.29 is 4.79 Å². The molecule has 0 fully saturated rings. The van der Waals surface area contributed by atoms with Gasteiger partial charge in [-0.1, -0.05) is 6.08 Å². The molecule has 0 aromatic rings. The number of nitrogens with zero attached hydrogens (tertiary/aromatic N) is 1. The zero-order chi connectivity index (χ0) is 6.41. The Labute approximate surface area is 47.6 Å². The zero-order valence-corrected chi connectivity index (χ0v) is 4.51. The van der Waals surface area contributed by atoms with Crippen LogP contribution in [0.25, 0.3) is 0 Å². The van der Waals surface area contributed by atoms with Crippen LogP contribution in [0.1, 0.15) is 6.92 Å². The van der Waals surface area contributed by atoms with Gasteiger partial charge in [0, 0.05) is 0 Å². The number of carbonyl (C=O) groups is 1. The van der Waals surface area contributed by atoms with Crippen LogP contribution in [0.15, 0.2) is 11.8 Å². The Morgan fingerprint density at radius 3 is 2.62 bits per heavy atom. The van der Waals surface area contributed by atoms with Gasteiger partial charge in [0.05, 0.1) is 0 Å². The molecule has 0 aliphatic heterocycles. The van der Waals surface area contributed by atoms with E-state index >= 15 is 0 Å². The fraction of sp³-hybridized carbons (Fsp3) is 0.200. The van der Waals surface area contributed by atoms with Gasteiger partial charge >= 0.3 is 0 Å². The number of rotatable bonds is 2. The minimum Gasteiger partial charge on any atom is -0.320 e. The van der Waals surface area contributed by atoms with Gasteiger partial charge in [0.2, 0.25) is 6.41 Å². The third kappa shape index (κ3) is 1.98. The zero-order valence-electron chi connectivity index (χ0n) is 4.51. The molecule has 3 heteroatoms. The van der Waals surface area contributed by atoms with Crippen molar-refractivity contribution in [3.8, 4) is 6.07 Å². The van der Waals surface area contributed by atoms with Crippen LogP contribution < -0.4 is 5.32 Å². The van der Waals surface area contributed by atoms with Gasteiger partial charge in [-0.25, -0.2) is 0 Å². The first-order valence-corrected chi connectivity index (χ1v) is 2.11. The van der Waals surface area contributed by atoms with Crippen LogP contribution in [-0.4, -0.2) is 6.41 Å². The molecule has 0 aromatic carbocycles. The smallest absolute Gasteiger partial charge is 0.212 e. The van der Waals surface area contributed by atoms with Crippen LogP contribution in [0.5, 0.6) is 0 Å². The number of hydrogen-bond acceptors (Lipinski definition) is 2. The summed E-state index contributed by atoms with van der Waals surface area (Å²) in [4.78, 5) is 9.63. The average molecular weight is 110 g/mol. The second-order valence-electron chi connectivity index (χ2n) is 1.08. The molecule has 3 nitrogen and oxygen atoms in total. The molecule has 1 N–H and O–H groups in total. The molecule has 0 aliphatic carbocycles. The molecule has 0 radical (unpaired) electrons. The van der Waals surface area contributed by atoms with Crippen molar-refractivity contribution in [2.45, 2.75) is 6.92 Å². The Hall–Kier alpha value is -1.30.